The number of benzene rings is 1. The Kier molecular flexibility index (Phi) is 4.66. The van der Waals surface area contributed by atoms with Gasteiger partial charge in [-0.3, -0.25) is 4.79 Å². The van der Waals surface area contributed by atoms with Crippen LogP contribution in [0.4, 0.5) is 4.79 Å². The Morgan fingerprint density at radius 2 is 2.00 bits per heavy atom. The van der Waals surface area contributed by atoms with Gasteiger partial charge in [-0.1, -0.05) is 12.1 Å². The quantitative estimate of drug-likeness (QED) is 0.866. The van der Waals surface area contributed by atoms with Crippen LogP contribution in [0.1, 0.15) is 50.5 Å². The fourth-order valence-corrected chi connectivity index (χ4v) is 2.17. The zero-order valence-corrected chi connectivity index (χ0v) is 14.2. The summed E-state index contributed by atoms with van der Waals surface area (Å²) < 4.78 is 16.4. The maximum Gasteiger partial charge on any atom is 0.408 e. The van der Waals surface area contributed by atoms with E-state index in [1.807, 2.05) is 13.8 Å². The van der Waals surface area contributed by atoms with E-state index in [9.17, 15) is 9.59 Å². The van der Waals surface area contributed by atoms with Crippen LogP contribution < -0.4 is 10.1 Å². The van der Waals surface area contributed by atoms with E-state index >= 15 is 0 Å². The van der Waals surface area contributed by atoms with Gasteiger partial charge in [0.05, 0.1) is 13.2 Å². The number of alkyl carbamates (subject to hydrolysis) is 1. The highest BCUT2D eigenvalue weighted by Crippen LogP contribution is 2.33. The van der Waals surface area contributed by atoms with Crippen molar-refractivity contribution in [2.45, 2.75) is 52.6 Å². The lowest BCUT2D eigenvalue weighted by Gasteiger charge is -2.33. The molecular weight excluding hydrogens is 298 g/mol. The smallest absolute Gasteiger partial charge is 0.408 e. The first-order valence-corrected chi connectivity index (χ1v) is 7.52. The number of nitrogens with one attached hydrogen (secondary N) is 1. The topological polar surface area (TPSA) is 73.9 Å². The summed E-state index contributed by atoms with van der Waals surface area (Å²) in [5.74, 6) is -0.312. The largest absolute Gasteiger partial charge is 0.463 e. The molecule has 0 aliphatic carbocycles. The summed E-state index contributed by atoms with van der Waals surface area (Å²) in [6.45, 7) is 9.06. The molecule has 1 amide bonds. The van der Waals surface area contributed by atoms with Gasteiger partial charge in [0.1, 0.15) is 11.4 Å². The molecule has 1 aromatic carbocycles. The highest BCUT2D eigenvalue weighted by molar-refractivity contribution is 6.00. The Morgan fingerprint density at radius 1 is 1.30 bits per heavy atom. The zero-order valence-electron chi connectivity index (χ0n) is 14.2. The van der Waals surface area contributed by atoms with Crippen LogP contribution >= 0.6 is 0 Å². The van der Waals surface area contributed by atoms with Gasteiger partial charge in [-0.25, -0.2) is 4.79 Å². The molecule has 0 unspecified atom stereocenters. The van der Waals surface area contributed by atoms with Crippen molar-refractivity contribution < 1.29 is 23.8 Å². The molecule has 0 fully saturated rings. The van der Waals surface area contributed by atoms with Crippen LogP contribution in [0.3, 0.4) is 0 Å². The lowest BCUT2D eigenvalue weighted by molar-refractivity contribution is -0.180. The Bertz CT molecular complexity index is 616. The van der Waals surface area contributed by atoms with Crippen molar-refractivity contribution in [1.29, 1.82) is 0 Å². The van der Waals surface area contributed by atoms with Crippen LogP contribution in [0.2, 0.25) is 0 Å². The van der Waals surface area contributed by atoms with Gasteiger partial charge >= 0.3 is 6.09 Å². The average molecular weight is 321 g/mol. The van der Waals surface area contributed by atoms with Crippen LogP contribution in [0, 0.1) is 0 Å². The van der Waals surface area contributed by atoms with E-state index in [1.54, 1.807) is 39.0 Å². The summed E-state index contributed by atoms with van der Waals surface area (Å²) in [7, 11) is 0. The van der Waals surface area contributed by atoms with E-state index in [0.717, 1.165) is 0 Å². The average Bonchev–Trinajstić information content (AvgIpc) is 2.41. The Balaban J connectivity index is 2.05. The van der Waals surface area contributed by atoms with Crippen molar-refractivity contribution in [2.75, 3.05) is 6.54 Å². The summed E-state index contributed by atoms with van der Waals surface area (Å²) in [6.07, 6.45) is -0.621. The van der Waals surface area contributed by atoms with E-state index in [2.05, 4.69) is 5.32 Å². The van der Waals surface area contributed by atoms with Crippen molar-refractivity contribution in [3.8, 4) is 5.75 Å². The minimum absolute atomic E-state index is 0.144. The molecule has 23 heavy (non-hydrogen) atoms. The number of carbonyl (C=O) groups is 2. The van der Waals surface area contributed by atoms with E-state index in [-0.39, 0.29) is 18.9 Å². The number of carbonyl (C=O) groups excluding carboxylic acids is 2. The van der Waals surface area contributed by atoms with E-state index in [0.29, 0.717) is 16.9 Å². The number of rotatable bonds is 3. The Morgan fingerprint density at radius 3 is 2.65 bits per heavy atom. The molecule has 0 radical (unpaired) electrons. The summed E-state index contributed by atoms with van der Waals surface area (Å²) >= 11 is 0. The Labute approximate surface area is 136 Å². The van der Waals surface area contributed by atoms with Crippen molar-refractivity contribution in [3.63, 3.8) is 0 Å². The van der Waals surface area contributed by atoms with Gasteiger partial charge in [-0.05, 0) is 26.8 Å². The molecule has 6 nitrogen and oxygen atoms in total. The third-order valence-corrected chi connectivity index (χ3v) is 3.15. The number of hydrogen-bond donors (Lipinski definition) is 1. The van der Waals surface area contributed by atoms with Crippen molar-refractivity contribution >= 4 is 11.9 Å². The number of Topliss-reactive ketones (excluding diaryl/α,β-unsaturated/α-hetero) is 1. The molecule has 0 atom stereocenters. The molecule has 0 spiro atoms. The lowest BCUT2D eigenvalue weighted by Crippen LogP contribution is -2.37. The highest BCUT2D eigenvalue weighted by atomic mass is 16.7. The first-order valence-electron chi connectivity index (χ1n) is 7.52. The summed E-state index contributed by atoms with van der Waals surface area (Å²) in [5, 5.41) is 2.47. The zero-order chi connectivity index (χ0) is 17.3. The van der Waals surface area contributed by atoms with E-state index in [1.165, 1.54) is 0 Å². The molecule has 0 saturated heterocycles. The van der Waals surface area contributed by atoms with Gasteiger partial charge in [0.25, 0.3) is 0 Å². The third kappa shape index (κ3) is 4.69. The van der Waals surface area contributed by atoms with Gasteiger partial charge in [-0.2, -0.15) is 0 Å². The molecule has 0 saturated carbocycles. The molecular formula is C17H23NO5. The number of amides is 1. The Hall–Kier alpha value is -2.08. The number of fused-ring (bicyclic) bond motifs is 1. The molecule has 2 rings (SSSR count). The van der Waals surface area contributed by atoms with Crippen LogP contribution in [0.25, 0.3) is 0 Å². The van der Waals surface area contributed by atoms with Crippen molar-refractivity contribution in [2.24, 2.45) is 0 Å². The number of ketones is 1. The summed E-state index contributed by atoms with van der Waals surface area (Å²) in [5.41, 5.74) is 0.573. The SMILES string of the molecule is CC(C)(C)OC(=O)NCC(=O)c1cccc2c1COC(C)(C)O2. The van der Waals surface area contributed by atoms with Gasteiger partial charge in [0.2, 0.25) is 5.79 Å². The van der Waals surface area contributed by atoms with E-state index < -0.39 is 17.5 Å². The standard InChI is InChI=1S/C17H23NO5/c1-16(2,3)23-15(20)18-9-13(19)11-7-6-8-14-12(11)10-21-17(4,5)22-14/h6-8H,9-10H2,1-5H3,(H,18,20). The second kappa shape index (κ2) is 6.20. The second-order valence-corrected chi connectivity index (χ2v) is 6.85. The molecule has 1 aliphatic rings. The van der Waals surface area contributed by atoms with Gasteiger partial charge in [0, 0.05) is 25.0 Å². The van der Waals surface area contributed by atoms with Crippen LogP contribution in [0.5, 0.6) is 5.75 Å². The number of hydrogen-bond acceptors (Lipinski definition) is 5. The molecule has 0 aromatic heterocycles. The lowest BCUT2D eigenvalue weighted by atomic mass is 10.0. The predicted octanol–water partition coefficient (Wildman–Crippen LogP) is 3.04. The van der Waals surface area contributed by atoms with Gasteiger partial charge < -0.3 is 19.5 Å². The van der Waals surface area contributed by atoms with Gasteiger partial charge in [-0.15, -0.1) is 0 Å². The summed E-state index contributed by atoms with van der Waals surface area (Å²) in [4.78, 5) is 24.0. The third-order valence-electron chi connectivity index (χ3n) is 3.15. The molecule has 1 aliphatic heterocycles. The first-order chi connectivity index (χ1) is 10.6. The minimum Gasteiger partial charge on any atom is -0.463 e. The fourth-order valence-electron chi connectivity index (χ4n) is 2.17. The highest BCUT2D eigenvalue weighted by Gasteiger charge is 2.30. The normalized spacial score (nSPS) is 16.0. The molecule has 1 aromatic rings. The van der Waals surface area contributed by atoms with E-state index in [4.69, 9.17) is 14.2 Å². The molecule has 1 heterocycles. The molecule has 1 N–H and O–H groups in total. The predicted molar refractivity (Wildman–Crippen MR) is 84.5 cm³/mol. The maximum absolute atomic E-state index is 12.4. The first kappa shape index (κ1) is 17.3. The van der Waals surface area contributed by atoms with Crippen LogP contribution in [-0.2, 0) is 16.1 Å². The monoisotopic (exact) mass is 321 g/mol. The van der Waals surface area contributed by atoms with Gasteiger partial charge in [0.15, 0.2) is 5.78 Å². The molecule has 6 heteroatoms. The van der Waals surface area contributed by atoms with Crippen molar-refractivity contribution in [3.05, 3.63) is 29.3 Å². The molecule has 0 bridgehead atoms. The van der Waals surface area contributed by atoms with Crippen LogP contribution in [0.15, 0.2) is 18.2 Å². The fraction of sp³-hybridized carbons (Fsp3) is 0.529. The minimum atomic E-state index is -0.719. The maximum atomic E-state index is 12.4. The van der Waals surface area contributed by atoms with Crippen molar-refractivity contribution in [1.82, 2.24) is 5.32 Å². The summed E-state index contributed by atoms with van der Waals surface area (Å²) in [6, 6.07) is 5.25. The molecule has 126 valence electrons. The van der Waals surface area contributed by atoms with Crippen LogP contribution in [-0.4, -0.2) is 29.8 Å². The second-order valence-electron chi connectivity index (χ2n) is 6.85. The number of ether oxygens (including phenoxy) is 3.